The van der Waals surface area contributed by atoms with Crippen molar-refractivity contribution >= 4 is 5.91 Å². The summed E-state index contributed by atoms with van der Waals surface area (Å²) >= 11 is 0. The number of aryl methyl sites for hydroxylation is 1. The van der Waals surface area contributed by atoms with Gasteiger partial charge in [-0.15, -0.1) is 0 Å². The van der Waals surface area contributed by atoms with Crippen LogP contribution in [-0.4, -0.2) is 54.8 Å². The third kappa shape index (κ3) is 6.63. The number of carbonyl (C=O) groups excluding carboxylic acids is 1. The first-order valence-electron chi connectivity index (χ1n) is 6.91. The first-order chi connectivity index (χ1) is 9.65. The molecule has 0 fully saturated rings. The van der Waals surface area contributed by atoms with Crippen LogP contribution >= 0.6 is 0 Å². The van der Waals surface area contributed by atoms with Gasteiger partial charge < -0.3 is 14.6 Å². The van der Waals surface area contributed by atoms with E-state index in [-0.39, 0.29) is 5.91 Å². The summed E-state index contributed by atoms with van der Waals surface area (Å²) in [6, 6.07) is 0. The van der Waals surface area contributed by atoms with Gasteiger partial charge in [-0.3, -0.25) is 9.69 Å². The molecule has 0 aliphatic carbocycles. The molecule has 0 unspecified atom stereocenters. The molecule has 1 rings (SSSR count). The molecule has 0 spiro atoms. The van der Waals surface area contributed by atoms with E-state index in [0.717, 1.165) is 25.1 Å². The van der Waals surface area contributed by atoms with Crippen molar-refractivity contribution in [1.29, 1.82) is 0 Å². The highest BCUT2D eigenvalue weighted by Crippen LogP contribution is 2.02. The average molecular weight is 284 g/mol. The molecule has 7 heteroatoms. The summed E-state index contributed by atoms with van der Waals surface area (Å²) in [5.74, 6) is 1.25. The van der Waals surface area contributed by atoms with Crippen molar-refractivity contribution < 1.29 is 14.1 Å². The molecule has 0 bridgehead atoms. The van der Waals surface area contributed by atoms with Gasteiger partial charge in [0.05, 0.1) is 13.1 Å². The molecule has 1 aromatic rings. The number of aromatic nitrogens is 2. The Morgan fingerprint density at radius 1 is 1.50 bits per heavy atom. The second kappa shape index (κ2) is 9.44. The van der Waals surface area contributed by atoms with Crippen LogP contribution in [0.15, 0.2) is 4.52 Å². The molecule has 0 aliphatic rings. The number of nitrogens with one attached hydrogen (secondary N) is 1. The Bertz CT molecular complexity index is 395. The molecule has 0 aromatic carbocycles. The van der Waals surface area contributed by atoms with Crippen molar-refractivity contribution in [2.75, 3.05) is 33.9 Å². The molecule has 7 nitrogen and oxygen atoms in total. The molecule has 0 saturated heterocycles. The van der Waals surface area contributed by atoms with Crippen LogP contribution in [0.4, 0.5) is 0 Å². The molecule has 0 aliphatic heterocycles. The van der Waals surface area contributed by atoms with E-state index in [4.69, 9.17) is 9.26 Å². The molecular formula is C13H24N4O3. The van der Waals surface area contributed by atoms with Gasteiger partial charge in [0.2, 0.25) is 11.8 Å². The van der Waals surface area contributed by atoms with Gasteiger partial charge in [-0.1, -0.05) is 12.1 Å². The summed E-state index contributed by atoms with van der Waals surface area (Å²) in [5, 5.41) is 6.71. The maximum Gasteiger partial charge on any atom is 0.240 e. The molecule has 0 radical (unpaired) electrons. The maximum atomic E-state index is 11.7. The van der Waals surface area contributed by atoms with Gasteiger partial charge in [0.15, 0.2) is 5.82 Å². The van der Waals surface area contributed by atoms with Crippen molar-refractivity contribution in [3.05, 3.63) is 11.7 Å². The predicted molar refractivity (Wildman–Crippen MR) is 74.1 cm³/mol. The lowest BCUT2D eigenvalue weighted by Crippen LogP contribution is -2.35. The van der Waals surface area contributed by atoms with E-state index in [9.17, 15) is 4.79 Å². The lowest BCUT2D eigenvalue weighted by Gasteiger charge is -2.13. The Morgan fingerprint density at radius 2 is 2.30 bits per heavy atom. The topological polar surface area (TPSA) is 80.5 Å². The Labute approximate surface area is 119 Å². The van der Waals surface area contributed by atoms with Gasteiger partial charge in [0.1, 0.15) is 0 Å². The quantitative estimate of drug-likeness (QED) is 0.634. The van der Waals surface area contributed by atoms with E-state index < -0.39 is 0 Å². The SMILES string of the molecule is CCCc1noc(CN(C)CC(=O)NCCCOC)n1. The van der Waals surface area contributed by atoms with Crippen LogP contribution in [0.25, 0.3) is 0 Å². The molecule has 20 heavy (non-hydrogen) atoms. The third-order valence-corrected chi connectivity index (χ3v) is 2.65. The Hall–Kier alpha value is -1.47. The van der Waals surface area contributed by atoms with Crippen molar-refractivity contribution in [3.63, 3.8) is 0 Å². The number of rotatable bonds is 10. The number of ether oxygens (including phenoxy) is 1. The summed E-state index contributed by atoms with van der Waals surface area (Å²) in [5.41, 5.74) is 0. The normalized spacial score (nSPS) is 11.0. The smallest absolute Gasteiger partial charge is 0.240 e. The van der Waals surface area contributed by atoms with E-state index >= 15 is 0 Å². The fourth-order valence-corrected chi connectivity index (χ4v) is 1.71. The van der Waals surface area contributed by atoms with Crippen LogP contribution < -0.4 is 5.32 Å². The van der Waals surface area contributed by atoms with E-state index in [1.807, 2.05) is 11.9 Å². The first-order valence-corrected chi connectivity index (χ1v) is 6.91. The number of amides is 1. The molecule has 114 valence electrons. The summed E-state index contributed by atoms with van der Waals surface area (Å²) in [6.07, 6.45) is 2.61. The Kier molecular flexibility index (Phi) is 7.82. The molecule has 1 N–H and O–H groups in total. The lowest BCUT2D eigenvalue weighted by atomic mass is 10.3. The fraction of sp³-hybridized carbons (Fsp3) is 0.769. The Morgan fingerprint density at radius 3 is 3.00 bits per heavy atom. The van der Waals surface area contributed by atoms with Gasteiger partial charge in [0, 0.05) is 26.7 Å². The van der Waals surface area contributed by atoms with Crippen LogP contribution in [-0.2, 0) is 22.5 Å². The van der Waals surface area contributed by atoms with Gasteiger partial charge in [0.25, 0.3) is 0 Å². The zero-order chi connectivity index (χ0) is 14.8. The van der Waals surface area contributed by atoms with Crippen molar-refractivity contribution in [3.8, 4) is 0 Å². The molecule has 1 heterocycles. The van der Waals surface area contributed by atoms with Crippen molar-refractivity contribution in [2.45, 2.75) is 32.7 Å². The highest BCUT2D eigenvalue weighted by Gasteiger charge is 2.11. The maximum absolute atomic E-state index is 11.7. The minimum absolute atomic E-state index is 0.0168. The largest absolute Gasteiger partial charge is 0.385 e. The van der Waals surface area contributed by atoms with E-state index in [1.54, 1.807) is 7.11 Å². The zero-order valence-electron chi connectivity index (χ0n) is 12.5. The number of hydrogen-bond acceptors (Lipinski definition) is 6. The van der Waals surface area contributed by atoms with Crippen LogP contribution in [0.1, 0.15) is 31.5 Å². The Balaban J connectivity index is 2.24. The van der Waals surface area contributed by atoms with E-state index in [2.05, 4.69) is 22.4 Å². The standard InChI is InChI=1S/C13H24N4O3/c1-4-6-11-15-13(20-16-11)10-17(2)9-12(18)14-7-5-8-19-3/h4-10H2,1-3H3,(H,14,18). The van der Waals surface area contributed by atoms with Crippen molar-refractivity contribution in [1.82, 2.24) is 20.4 Å². The van der Waals surface area contributed by atoms with Crippen LogP contribution in [0, 0.1) is 0 Å². The highest BCUT2D eigenvalue weighted by atomic mass is 16.5. The fourth-order valence-electron chi connectivity index (χ4n) is 1.71. The molecule has 1 amide bonds. The minimum Gasteiger partial charge on any atom is -0.385 e. The summed E-state index contributed by atoms with van der Waals surface area (Å²) in [4.78, 5) is 17.8. The first kappa shape index (κ1) is 16.6. The summed E-state index contributed by atoms with van der Waals surface area (Å²) in [7, 11) is 3.49. The van der Waals surface area contributed by atoms with Crippen LogP contribution in [0.3, 0.4) is 0 Å². The van der Waals surface area contributed by atoms with Gasteiger partial charge >= 0.3 is 0 Å². The predicted octanol–water partition coefficient (Wildman–Crippen LogP) is 0.607. The van der Waals surface area contributed by atoms with Gasteiger partial charge in [-0.2, -0.15) is 4.98 Å². The molecule has 0 saturated carbocycles. The molecule has 1 aromatic heterocycles. The van der Waals surface area contributed by atoms with Crippen LogP contribution in [0.5, 0.6) is 0 Å². The van der Waals surface area contributed by atoms with E-state index in [0.29, 0.717) is 32.1 Å². The summed E-state index contributed by atoms with van der Waals surface area (Å²) < 4.78 is 10.0. The second-order valence-electron chi connectivity index (χ2n) is 4.72. The minimum atomic E-state index is -0.0168. The third-order valence-electron chi connectivity index (χ3n) is 2.65. The molecular weight excluding hydrogens is 260 g/mol. The number of methoxy groups -OCH3 is 1. The van der Waals surface area contributed by atoms with Gasteiger partial charge in [-0.05, 0) is 19.9 Å². The van der Waals surface area contributed by atoms with Gasteiger partial charge in [-0.25, -0.2) is 0 Å². The average Bonchev–Trinajstić information content (AvgIpc) is 2.82. The number of likely N-dealkylation sites (N-methyl/N-ethyl adjacent to an activating group) is 1. The van der Waals surface area contributed by atoms with E-state index in [1.165, 1.54) is 0 Å². The number of hydrogen-bond donors (Lipinski definition) is 1. The number of carbonyl (C=O) groups is 1. The molecule has 0 atom stereocenters. The highest BCUT2D eigenvalue weighted by molar-refractivity contribution is 5.77. The zero-order valence-corrected chi connectivity index (χ0v) is 12.5. The second-order valence-corrected chi connectivity index (χ2v) is 4.72. The number of nitrogens with zero attached hydrogens (tertiary/aromatic N) is 3. The monoisotopic (exact) mass is 284 g/mol. The van der Waals surface area contributed by atoms with Crippen molar-refractivity contribution in [2.24, 2.45) is 0 Å². The van der Waals surface area contributed by atoms with Crippen LogP contribution in [0.2, 0.25) is 0 Å². The summed E-state index contributed by atoms with van der Waals surface area (Å²) in [6.45, 7) is 4.12. The lowest BCUT2D eigenvalue weighted by molar-refractivity contribution is -0.122.